The van der Waals surface area contributed by atoms with E-state index in [1.54, 1.807) is 0 Å². The van der Waals surface area contributed by atoms with Gasteiger partial charge >= 0.3 is 5.97 Å². The molecule has 0 aliphatic carbocycles. The predicted octanol–water partition coefficient (Wildman–Crippen LogP) is 3.51. The van der Waals surface area contributed by atoms with Crippen LogP contribution in [0.3, 0.4) is 0 Å². The normalized spacial score (nSPS) is 10.1. The number of carbonyl (C=O) groups excluding carboxylic acids is 1. The van der Waals surface area contributed by atoms with E-state index in [1.807, 2.05) is 38.1 Å². The molecule has 0 aromatic heterocycles. The molecule has 0 amide bonds. The van der Waals surface area contributed by atoms with Crippen LogP contribution in [-0.4, -0.2) is 13.1 Å². The fraction of sp³-hybridized carbons (Fsp3) is 0.357. The van der Waals surface area contributed by atoms with Crippen molar-refractivity contribution < 1.29 is 9.53 Å². The highest BCUT2D eigenvalue weighted by atomic mass is 16.5. The first-order valence-electron chi connectivity index (χ1n) is 5.30. The minimum absolute atomic E-state index is 0.175. The van der Waals surface area contributed by atoms with Gasteiger partial charge < -0.3 is 4.74 Å². The Hall–Kier alpha value is -1.57. The van der Waals surface area contributed by atoms with Gasteiger partial charge in [0.05, 0.1) is 13.5 Å². The Morgan fingerprint density at radius 1 is 1.31 bits per heavy atom. The van der Waals surface area contributed by atoms with Crippen molar-refractivity contribution in [2.24, 2.45) is 0 Å². The molecule has 0 saturated heterocycles. The third kappa shape index (κ3) is 7.80. The molecular weight excluding hydrogens is 200 g/mol. The average molecular weight is 220 g/mol. The summed E-state index contributed by atoms with van der Waals surface area (Å²) in [5.41, 5.74) is 2.37. The molecule has 0 heterocycles. The molecule has 0 bridgehead atoms. The van der Waals surface area contributed by atoms with Crippen molar-refractivity contribution >= 4 is 5.97 Å². The van der Waals surface area contributed by atoms with Gasteiger partial charge in [-0.1, -0.05) is 47.5 Å². The monoisotopic (exact) mass is 220 g/mol. The summed E-state index contributed by atoms with van der Waals surface area (Å²) in [6.07, 6.45) is 2.31. The van der Waals surface area contributed by atoms with E-state index in [0.29, 0.717) is 6.42 Å². The molecule has 1 aromatic carbocycles. The molecule has 1 aromatic rings. The molecular formula is C14H20O2. The van der Waals surface area contributed by atoms with Crippen LogP contribution in [0.15, 0.2) is 42.0 Å². The SMILES string of the molecule is CC=C(C)CC(=O)OC.Cc1ccccc1. The maximum absolute atomic E-state index is 10.5. The van der Waals surface area contributed by atoms with Crippen LogP contribution in [0.5, 0.6) is 0 Å². The van der Waals surface area contributed by atoms with Gasteiger partial charge in [0.15, 0.2) is 0 Å². The van der Waals surface area contributed by atoms with Crippen LogP contribution in [0, 0.1) is 6.92 Å². The molecule has 1 rings (SSSR count). The quantitative estimate of drug-likeness (QED) is 0.563. The lowest BCUT2D eigenvalue weighted by atomic mass is 10.2. The zero-order valence-electron chi connectivity index (χ0n) is 10.5. The summed E-state index contributed by atoms with van der Waals surface area (Å²) < 4.78 is 4.44. The molecule has 0 fully saturated rings. The van der Waals surface area contributed by atoms with Gasteiger partial charge in [-0.3, -0.25) is 4.79 Å². The van der Waals surface area contributed by atoms with Gasteiger partial charge in [-0.25, -0.2) is 0 Å². The number of carbonyl (C=O) groups is 1. The number of aryl methyl sites for hydroxylation is 1. The van der Waals surface area contributed by atoms with Gasteiger partial charge in [0.1, 0.15) is 0 Å². The number of esters is 1. The Morgan fingerprint density at radius 2 is 1.88 bits per heavy atom. The van der Waals surface area contributed by atoms with Crippen molar-refractivity contribution in [3.8, 4) is 0 Å². The van der Waals surface area contributed by atoms with Crippen LogP contribution in [0.2, 0.25) is 0 Å². The van der Waals surface area contributed by atoms with Crippen LogP contribution >= 0.6 is 0 Å². The third-order valence-electron chi connectivity index (χ3n) is 2.08. The fourth-order valence-corrected chi connectivity index (χ4v) is 0.936. The number of benzene rings is 1. The first-order chi connectivity index (χ1) is 7.60. The molecule has 0 spiro atoms. The number of allylic oxidation sites excluding steroid dienone is 1. The van der Waals surface area contributed by atoms with Gasteiger partial charge in [-0.2, -0.15) is 0 Å². The van der Waals surface area contributed by atoms with Crippen molar-refractivity contribution in [1.29, 1.82) is 0 Å². The Balaban J connectivity index is 0.000000288. The largest absolute Gasteiger partial charge is 0.469 e. The zero-order chi connectivity index (χ0) is 12.4. The van der Waals surface area contributed by atoms with E-state index in [9.17, 15) is 4.79 Å². The molecule has 0 N–H and O–H groups in total. The minimum atomic E-state index is -0.175. The summed E-state index contributed by atoms with van der Waals surface area (Å²) in [4.78, 5) is 10.5. The van der Waals surface area contributed by atoms with Gasteiger partial charge in [0, 0.05) is 0 Å². The number of methoxy groups -OCH3 is 1. The number of hydrogen-bond donors (Lipinski definition) is 0. The Bertz CT molecular complexity index is 326. The van der Waals surface area contributed by atoms with Gasteiger partial charge in [0.25, 0.3) is 0 Å². The smallest absolute Gasteiger partial charge is 0.309 e. The maximum atomic E-state index is 10.5. The van der Waals surface area contributed by atoms with Crippen LogP contribution in [0.4, 0.5) is 0 Å². The van der Waals surface area contributed by atoms with Gasteiger partial charge in [-0.15, -0.1) is 0 Å². The van der Waals surface area contributed by atoms with Crippen molar-refractivity contribution in [1.82, 2.24) is 0 Å². The summed E-state index contributed by atoms with van der Waals surface area (Å²) in [5.74, 6) is -0.175. The number of hydrogen-bond acceptors (Lipinski definition) is 2. The molecule has 0 unspecified atom stereocenters. The summed E-state index contributed by atoms with van der Waals surface area (Å²) in [6, 6.07) is 10.3. The van der Waals surface area contributed by atoms with Crippen molar-refractivity contribution in [2.45, 2.75) is 27.2 Å². The van der Waals surface area contributed by atoms with Gasteiger partial charge in [0.2, 0.25) is 0 Å². The van der Waals surface area contributed by atoms with E-state index in [0.717, 1.165) is 5.57 Å². The molecule has 0 atom stereocenters. The Morgan fingerprint density at radius 3 is 2.19 bits per heavy atom. The highest BCUT2D eigenvalue weighted by molar-refractivity contribution is 5.71. The third-order valence-corrected chi connectivity index (χ3v) is 2.08. The van der Waals surface area contributed by atoms with E-state index in [-0.39, 0.29) is 5.97 Å². The molecule has 0 saturated carbocycles. The molecule has 0 aliphatic rings. The second kappa shape index (κ2) is 8.72. The Labute approximate surface area is 97.9 Å². The molecule has 2 nitrogen and oxygen atoms in total. The first-order valence-corrected chi connectivity index (χ1v) is 5.30. The van der Waals surface area contributed by atoms with Crippen LogP contribution in [-0.2, 0) is 9.53 Å². The highest BCUT2D eigenvalue weighted by Gasteiger charge is 1.98. The van der Waals surface area contributed by atoms with Crippen molar-refractivity contribution in [3.05, 3.63) is 47.5 Å². The molecule has 2 heteroatoms. The number of rotatable bonds is 2. The predicted molar refractivity (Wildman–Crippen MR) is 67.2 cm³/mol. The summed E-state index contributed by atoms with van der Waals surface area (Å²) in [7, 11) is 1.39. The zero-order valence-corrected chi connectivity index (χ0v) is 10.5. The Kier molecular flexibility index (Phi) is 7.86. The highest BCUT2D eigenvalue weighted by Crippen LogP contribution is 1.99. The fourth-order valence-electron chi connectivity index (χ4n) is 0.936. The summed E-state index contributed by atoms with van der Waals surface area (Å²) in [6.45, 7) is 5.88. The molecule has 0 aliphatic heterocycles. The van der Waals surface area contributed by atoms with Gasteiger partial charge in [-0.05, 0) is 20.8 Å². The standard InChI is InChI=1S/C7H12O2.C7H8/c1-4-6(2)5-7(8)9-3;1-7-5-3-2-4-6-7/h4H,5H2,1-3H3;2-6H,1H3. The lowest BCUT2D eigenvalue weighted by Gasteiger charge is -1.96. The maximum Gasteiger partial charge on any atom is 0.309 e. The first kappa shape index (κ1) is 14.4. The van der Waals surface area contributed by atoms with E-state index < -0.39 is 0 Å². The molecule has 16 heavy (non-hydrogen) atoms. The summed E-state index contributed by atoms with van der Waals surface area (Å²) in [5, 5.41) is 0. The van der Waals surface area contributed by atoms with E-state index >= 15 is 0 Å². The second-order valence-corrected chi connectivity index (χ2v) is 3.54. The second-order valence-electron chi connectivity index (χ2n) is 3.54. The van der Waals surface area contributed by atoms with Crippen LogP contribution in [0.25, 0.3) is 0 Å². The van der Waals surface area contributed by atoms with E-state index in [4.69, 9.17) is 0 Å². The lowest BCUT2D eigenvalue weighted by molar-refractivity contribution is -0.139. The van der Waals surface area contributed by atoms with Crippen LogP contribution in [0.1, 0.15) is 25.8 Å². The van der Waals surface area contributed by atoms with Crippen molar-refractivity contribution in [3.63, 3.8) is 0 Å². The van der Waals surface area contributed by atoms with E-state index in [1.165, 1.54) is 12.7 Å². The lowest BCUT2D eigenvalue weighted by Crippen LogP contribution is -1.99. The van der Waals surface area contributed by atoms with Crippen LogP contribution < -0.4 is 0 Å². The number of ether oxygens (including phenoxy) is 1. The summed E-state index contributed by atoms with van der Waals surface area (Å²) >= 11 is 0. The van der Waals surface area contributed by atoms with E-state index in [2.05, 4.69) is 23.8 Å². The molecule has 0 radical (unpaired) electrons. The molecule has 88 valence electrons. The topological polar surface area (TPSA) is 26.3 Å². The minimum Gasteiger partial charge on any atom is -0.469 e. The average Bonchev–Trinajstić information content (AvgIpc) is 2.30. The van der Waals surface area contributed by atoms with Crippen molar-refractivity contribution in [2.75, 3.05) is 7.11 Å².